The molecule has 1 N–H and O–H groups in total. The number of nitrogens with zero attached hydrogens (tertiary/aromatic N) is 1. The van der Waals surface area contributed by atoms with Crippen molar-refractivity contribution >= 4 is 0 Å². The standard InChI is InChI=1S/C14H28N2/c1-11-9-12(2)14(13(10-11)15-3)16-7-5-4-6-8-16/h11-15H,4-10H2,1-3H3. The molecule has 1 saturated carbocycles. The lowest BCUT2D eigenvalue weighted by atomic mass is 9.75. The third kappa shape index (κ3) is 2.60. The fourth-order valence-corrected chi connectivity index (χ4v) is 3.96. The molecule has 4 atom stereocenters. The Labute approximate surface area is 101 Å². The number of piperidine rings is 1. The number of likely N-dealkylation sites (N-methyl/N-ethyl adjacent to an activating group) is 1. The van der Waals surface area contributed by atoms with Crippen molar-refractivity contribution in [3.05, 3.63) is 0 Å². The quantitative estimate of drug-likeness (QED) is 0.775. The van der Waals surface area contributed by atoms with Crippen LogP contribution in [0.5, 0.6) is 0 Å². The van der Waals surface area contributed by atoms with Gasteiger partial charge in [-0.15, -0.1) is 0 Å². The first-order valence-corrected chi connectivity index (χ1v) is 7.13. The van der Waals surface area contributed by atoms with Gasteiger partial charge in [-0.1, -0.05) is 20.3 Å². The van der Waals surface area contributed by atoms with Gasteiger partial charge in [-0.25, -0.2) is 0 Å². The molecule has 0 spiro atoms. The molecule has 2 heteroatoms. The van der Waals surface area contributed by atoms with Crippen LogP contribution in [-0.2, 0) is 0 Å². The largest absolute Gasteiger partial charge is 0.315 e. The molecule has 16 heavy (non-hydrogen) atoms. The van der Waals surface area contributed by atoms with Crippen molar-refractivity contribution in [3.8, 4) is 0 Å². The van der Waals surface area contributed by atoms with Crippen molar-refractivity contribution in [2.75, 3.05) is 20.1 Å². The second-order valence-corrected chi connectivity index (χ2v) is 6.04. The van der Waals surface area contributed by atoms with Gasteiger partial charge in [0.2, 0.25) is 0 Å². The van der Waals surface area contributed by atoms with Crippen LogP contribution in [0.2, 0.25) is 0 Å². The average molecular weight is 224 g/mol. The Morgan fingerprint density at radius 2 is 1.69 bits per heavy atom. The summed E-state index contributed by atoms with van der Waals surface area (Å²) in [5.74, 6) is 1.76. The SMILES string of the molecule is CNC1CC(C)CC(C)C1N1CCCCC1. The third-order valence-corrected chi connectivity index (χ3v) is 4.61. The van der Waals surface area contributed by atoms with Gasteiger partial charge in [0.05, 0.1) is 0 Å². The van der Waals surface area contributed by atoms with Crippen molar-refractivity contribution in [1.82, 2.24) is 10.2 Å². The Hall–Kier alpha value is -0.0800. The summed E-state index contributed by atoms with van der Waals surface area (Å²) < 4.78 is 0. The van der Waals surface area contributed by atoms with Crippen LogP contribution in [0.15, 0.2) is 0 Å². The van der Waals surface area contributed by atoms with E-state index in [0.717, 1.165) is 23.9 Å². The molecule has 94 valence electrons. The molecule has 1 aliphatic heterocycles. The second-order valence-electron chi connectivity index (χ2n) is 6.04. The normalized spacial score (nSPS) is 42.2. The van der Waals surface area contributed by atoms with Gasteiger partial charge in [0.25, 0.3) is 0 Å². The Morgan fingerprint density at radius 1 is 1.00 bits per heavy atom. The molecule has 2 aliphatic rings. The maximum absolute atomic E-state index is 3.57. The van der Waals surface area contributed by atoms with Crippen LogP contribution in [0.3, 0.4) is 0 Å². The smallest absolute Gasteiger partial charge is 0.0274 e. The van der Waals surface area contributed by atoms with Crippen LogP contribution in [0.1, 0.15) is 46.0 Å². The van der Waals surface area contributed by atoms with Crippen molar-refractivity contribution in [3.63, 3.8) is 0 Å². The first-order chi connectivity index (χ1) is 7.72. The summed E-state index contributed by atoms with van der Waals surface area (Å²) >= 11 is 0. The molecule has 2 nitrogen and oxygen atoms in total. The van der Waals surface area contributed by atoms with E-state index >= 15 is 0 Å². The third-order valence-electron chi connectivity index (χ3n) is 4.61. The number of rotatable bonds is 2. The molecular formula is C14H28N2. The average Bonchev–Trinajstić information content (AvgIpc) is 2.29. The van der Waals surface area contributed by atoms with Crippen molar-refractivity contribution < 1.29 is 0 Å². The Balaban J connectivity index is 2.03. The Kier molecular flexibility index (Phi) is 4.26. The van der Waals surface area contributed by atoms with Gasteiger partial charge < -0.3 is 5.32 Å². The zero-order chi connectivity index (χ0) is 11.5. The molecule has 0 aromatic rings. The molecule has 0 aromatic carbocycles. The van der Waals surface area contributed by atoms with Gasteiger partial charge in [-0.3, -0.25) is 4.90 Å². The fourth-order valence-electron chi connectivity index (χ4n) is 3.96. The van der Waals surface area contributed by atoms with Gasteiger partial charge in [-0.05, 0) is 57.7 Å². The molecule has 0 bridgehead atoms. The summed E-state index contributed by atoms with van der Waals surface area (Å²) in [4.78, 5) is 2.77. The number of hydrogen-bond donors (Lipinski definition) is 1. The van der Waals surface area contributed by atoms with E-state index in [1.807, 2.05) is 0 Å². The van der Waals surface area contributed by atoms with E-state index in [9.17, 15) is 0 Å². The minimum Gasteiger partial charge on any atom is -0.315 e. The summed E-state index contributed by atoms with van der Waals surface area (Å²) in [6.45, 7) is 7.54. The van der Waals surface area contributed by atoms with Crippen LogP contribution >= 0.6 is 0 Å². The van der Waals surface area contributed by atoms with Crippen LogP contribution < -0.4 is 5.32 Å². The Morgan fingerprint density at radius 3 is 2.31 bits per heavy atom. The highest BCUT2D eigenvalue weighted by atomic mass is 15.2. The number of nitrogens with one attached hydrogen (secondary N) is 1. The highest BCUT2D eigenvalue weighted by Crippen LogP contribution is 2.33. The minimum absolute atomic E-state index is 0.719. The zero-order valence-electron chi connectivity index (χ0n) is 11.2. The van der Waals surface area contributed by atoms with E-state index in [2.05, 4.69) is 31.1 Å². The van der Waals surface area contributed by atoms with E-state index in [4.69, 9.17) is 0 Å². The second kappa shape index (κ2) is 5.50. The molecule has 0 radical (unpaired) electrons. The van der Waals surface area contributed by atoms with Crippen LogP contribution in [0.4, 0.5) is 0 Å². The topological polar surface area (TPSA) is 15.3 Å². The molecule has 1 aliphatic carbocycles. The maximum Gasteiger partial charge on any atom is 0.0274 e. The summed E-state index contributed by atoms with van der Waals surface area (Å²) in [5, 5.41) is 3.57. The predicted molar refractivity (Wildman–Crippen MR) is 69.6 cm³/mol. The maximum atomic E-state index is 3.57. The van der Waals surface area contributed by atoms with Gasteiger partial charge in [0, 0.05) is 12.1 Å². The van der Waals surface area contributed by atoms with Gasteiger partial charge in [0.1, 0.15) is 0 Å². The molecule has 4 unspecified atom stereocenters. The van der Waals surface area contributed by atoms with Crippen LogP contribution in [0, 0.1) is 11.8 Å². The van der Waals surface area contributed by atoms with Gasteiger partial charge in [0.15, 0.2) is 0 Å². The van der Waals surface area contributed by atoms with Gasteiger partial charge in [-0.2, -0.15) is 0 Å². The minimum atomic E-state index is 0.719. The summed E-state index contributed by atoms with van der Waals surface area (Å²) in [6.07, 6.45) is 7.05. The Bertz CT molecular complexity index is 209. The summed E-state index contributed by atoms with van der Waals surface area (Å²) in [5.41, 5.74) is 0. The predicted octanol–water partition coefficient (Wildman–Crippen LogP) is 2.49. The van der Waals surface area contributed by atoms with Crippen molar-refractivity contribution in [2.45, 2.75) is 58.0 Å². The molecule has 0 aromatic heterocycles. The summed E-state index contributed by atoms with van der Waals surface area (Å²) in [7, 11) is 2.15. The zero-order valence-corrected chi connectivity index (χ0v) is 11.2. The highest BCUT2D eigenvalue weighted by Gasteiger charge is 2.36. The van der Waals surface area contributed by atoms with Crippen LogP contribution in [0.25, 0.3) is 0 Å². The highest BCUT2D eigenvalue weighted by molar-refractivity contribution is 4.94. The molecular weight excluding hydrogens is 196 g/mol. The lowest BCUT2D eigenvalue weighted by Crippen LogP contribution is -2.56. The van der Waals surface area contributed by atoms with Crippen LogP contribution in [-0.4, -0.2) is 37.1 Å². The van der Waals surface area contributed by atoms with E-state index < -0.39 is 0 Å². The lowest BCUT2D eigenvalue weighted by Gasteiger charge is -2.47. The van der Waals surface area contributed by atoms with Gasteiger partial charge >= 0.3 is 0 Å². The monoisotopic (exact) mass is 224 g/mol. The van der Waals surface area contributed by atoms with E-state index in [0.29, 0.717) is 0 Å². The molecule has 1 heterocycles. The molecule has 2 rings (SSSR count). The lowest BCUT2D eigenvalue weighted by molar-refractivity contribution is 0.0505. The number of hydrogen-bond acceptors (Lipinski definition) is 2. The molecule has 0 amide bonds. The van der Waals surface area contributed by atoms with Crippen molar-refractivity contribution in [2.24, 2.45) is 11.8 Å². The van der Waals surface area contributed by atoms with E-state index in [1.165, 1.54) is 45.2 Å². The first-order valence-electron chi connectivity index (χ1n) is 7.13. The molecule has 1 saturated heterocycles. The van der Waals surface area contributed by atoms with E-state index in [-0.39, 0.29) is 0 Å². The van der Waals surface area contributed by atoms with E-state index in [1.54, 1.807) is 0 Å². The fraction of sp³-hybridized carbons (Fsp3) is 1.00. The summed E-state index contributed by atoms with van der Waals surface area (Å²) in [6, 6.07) is 1.51. The molecule has 2 fully saturated rings. The number of likely N-dealkylation sites (tertiary alicyclic amines) is 1. The van der Waals surface area contributed by atoms with Crippen molar-refractivity contribution in [1.29, 1.82) is 0 Å². The first kappa shape index (κ1) is 12.4.